The summed E-state index contributed by atoms with van der Waals surface area (Å²) in [6.45, 7) is 1.75. The largest absolute Gasteiger partial charge is 0.480 e. The fourth-order valence-corrected chi connectivity index (χ4v) is 3.32. The number of aryl methyl sites for hydroxylation is 1. The third-order valence-electron chi connectivity index (χ3n) is 4.91. The third-order valence-corrected chi connectivity index (χ3v) is 5.24. The highest BCUT2D eigenvalue weighted by Crippen LogP contribution is 2.28. The van der Waals surface area contributed by atoms with Crippen LogP contribution in [0.1, 0.15) is 24.2 Å². The zero-order chi connectivity index (χ0) is 21.0. The lowest BCUT2D eigenvalue weighted by Crippen LogP contribution is -2.44. The van der Waals surface area contributed by atoms with Gasteiger partial charge in [-0.05, 0) is 24.1 Å². The molecule has 150 valence electrons. The van der Waals surface area contributed by atoms with Crippen LogP contribution in [0.5, 0.6) is 0 Å². The van der Waals surface area contributed by atoms with Gasteiger partial charge in [0.1, 0.15) is 11.9 Å². The van der Waals surface area contributed by atoms with Crippen LogP contribution in [0, 0.1) is 0 Å². The van der Waals surface area contributed by atoms with Crippen LogP contribution in [-0.4, -0.2) is 32.6 Å². The average molecular weight is 412 g/mol. The molecule has 3 rings (SSSR count). The second-order valence-corrected chi connectivity index (χ2v) is 7.29. The van der Waals surface area contributed by atoms with E-state index in [-0.39, 0.29) is 12.3 Å². The van der Waals surface area contributed by atoms with Crippen molar-refractivity contribution in [2.45, 2.75) is 25.3 Å². The van der Waals surface area contributed by atoms with Gasteiger partial charge in [0.2, 0.25) is 5.91 Å². The summed E-state index contributed by atoms with van der Waals surface area (Å²) in [4.78, 5) is 28.4. The summed E-state index contributed by atoms with van der Waals surface area (Å²) in [6, 6.07) is 14.0. The van der Waals surface area contributed by atoms with E-state index in [9.17, 15) is 14.7 Å². The maximum absolute atomic E-state index is 12.7. The highest BCUT2D eigenvalue weighted by molar-refractivity contribution is 6.33. The van der Waals surface area contributed by atoms with Crippen LogP contribution < -0.4 is 5.32 Å². The van der Waals surface area contributed by atoms with Gasteiger partial charge in [-0.15, -0.1) is 0 Å². The van der Waals surface area contributed by atoms with Crippen molar-refractivity contribution >= 4 is 23.5 Å². The molecule has 2 unspecified atom stereocenters. The van der Waals surface area contributed by atoms with Gasteiger partial charge < -0.3 is 15.0 Å². The Morgan fingerprint density at radius 1 is 1.17 bits per heavy atom. The summed E-state index contributed by atoms with van der Waals surface area (Å²) < 4.78 is 1.74. The van der Waals surface area contributed by atoms with Gasteiger partial charge in [-0.3, -0.25) is 4.79 Å². The molecule has 1 amide bonds. The van der Waals surface area contributed by atoms with E-state index in [2.05, 4.69) is 10.3 Å². The van der Waals surface area contributed by atoms with Gasteiger partial charge in [0, 0.05) is 36.4 Å². The smallest absolute Gasteiger partial charge is 0.326 e. The summed E-state index contributed by atoms with van der Waals surface area (Å²) in [5.41, 5.74) is 2.66. The van der Waals surface area contributed by atoms with E-state index in [1.165, 1.54) is 0 Å². The number of carbonyl (C=O) groups is 2. The number of carbonyl (C=O) groups excluding carboxylic acids is 1. The zero-order valence-electron chi connectivity index (χ0n) is 16.2. The molecular formula is C22H22ClN3O3. The van der Waals surface area contributed by atoms with Gasteiger partial charge in [-0.1, -0.05) is 54.1 Å². The number of hydrogen-bond acceptors (Lipinski definition) is 3. The molecular weight excluding hydrogens is 390 g/mol. The number of carboxylic acid groups (broad SMARTS) is 1. The molecule has 1 aromatic heterocycles. The molecule has 0 bridgehead atoms. The Morgan fingerprint density at radius 3 is 2.45 bits per heavy atom. The predicted molar refractivity (Wildman–Crippen MR) is 112 cm³/mol. The second-order valence-electron chi connectivity index (χ2n) is 6.88. The first-order valence-electron chi connectivity index (χ1n) is 9.21. The van der Waals surface area contributed by atoms with Gasteiger partial charge in [0.05, 0.1) is 5.92 Å². The van der Waals surface area contributed by atoms with Crippen LogP contribution in [0.25, 0.3) is 11.1 Å². The Bertz CT molecular complexity index is 1010. The maximum atomic E-state index is 12.7. The number of rotatable bonds is 7. The first-order valence-corrected chi connectivity index (χ1v) is 9.59. The number of halogens is 1. The highest BCUT2D eigenvalue weighted by Gasteiger charge is 2.25. The molecule has 3 aromatic rings. The van der Waals surface area contributed by atoms with Crippen LogP contribution in [0.15, 0.2) is 60.9 Å². The maximum Gasteiger partial charge on any atom is 0.326 e. The second kappa shape index (κ2) is 8.92. The van der Waals surface area contributed by atoms with Gasteiger partial charge >= 0.3 is 5.97 Å². The zero-order valence-corrected chi connectivity index (χ0v) is 16.9. The quantitative estimate of drug-likeness (QED) is 0.621. The number of nitrogens with zero attached hydrogens (tertiary/aromatic N) is 2. The van der Waals surface area contributed by atoms with Crippen molar-refractivity contribution in [3.63, 3.8) is 0 Å². The molecule has 0 fully saturated rings. The minimum absolute atomic E-state index is 0.114. The Kier molecular flexibility index (Phi) is 6.34. The molecule has 2 N–H and O–H groups in total. The molecule has 0 spiro atoms. The third kappa shape index (κ3) is 4.84. The van der Waals surface area contributed by atoms with Crippen molar-refractivity contribution in [2.75, 3.05) is 0 Å². The summed E-state index contributed by atoms with van der Waals surface area (Å²) in [7, 11) is 1.78. The van der Waals surface area contributed by atoms with Crippen LogP contribution in [0.2, 0.25) is 5.02 Å². The van der Waals surface area contributed by atoms with Crippen molar-refractivity contribution in [2.24, 2.45) is 7.05 Å². The normalized spacial score (nSPS) is 12.9. The lowest BCUT2D eigenvalue weighted by molar-refractivity contribution is -0.142. The summed E-state index contributed by atoms with van der Waals surface area (Å²) in [5, 5.41) is 12.8. The average Bonchev–Trinajstić information content (AvgIpc) is 3.12. The number of hydrogen-bond donors (Lipinski definition) is 2. The molecule has 0 saturated heterocycles. The SMILES string of the molecule is CC(C(=O)NC(Cc1nccn1C)C(=O)O)c1ccc(-c2ccccc2Cl)cc1. The minimum Gasteiger partial charge on any atom is -0.480 e. The summed E-state index contributed by atoms with van der Waals surface area (Å²) in [5.74, 6) is -1.35. The summed E-state index contributed by atoms with van der Waals surface area (Å²) in [6.07, 6.45) is 3.45. The number of nitrogens with one attached hydrogen (secondary N) is 1. The number of benzene rings is 2. The highest BCUT2D eigenvalue weighted by atomic mass is 35.5. The molecule has 29 heavy (non-hydrogen) atoms. The van der Waals surface area contributed by atoms with E-state index in [0.29, 0.717) is 10.8 Å². The Morgan fingerprint density at radius 2 is 1.86 bits per heavy atom. The topological polar surface area (TPSA) is 84.2 Å². The van der Waals surface area contributed by atoms with Crippen molar-refractivity contribution in [1.29, 1.82) is 0 Å². The van der Waals surface area contributed by atoms with E-state index in [4.69, 9.17) is 11.6 Å². The Balaban J connectivity index is 1.71. The number of aliphatic carboxylic acids is 1. The van der Waals surface area contributed by atoms with Gasteiger partial charge in [-0.2, -0.15) is 0 Å². The van der Waals surface area contributed by atoms with Crippen LogP contribution in [-0.2, 0) is 23.1 Å². The van der Waals surface area contributed by atoms with Gasteiger partial charge in [0.15, 0.2) is 0 Å². The molecule has 2 aromatic carbocycles. The van der Waals surface area contributed by atoms with Crippen LogP contribution in [0.4, 0.5) is 0 Å². The first kappa shape index (κ1) is 20.6. The molecule has 0 radical (unpaired) electrons. The van der Waals surface area contributed by atoms with E-state index in [0.717, 1.165) is 16.7 Å². The van der Waals surface area contributed by atoms with Crippen molar-refractivity contribution < 1.29 is 14.7 Å². The number of imidazole rings is 1. The molecule has 7 heteroatoms. The molecule has 2 atom stereocenters. The number of amides is 1. The fourth-order valence-electron chi connectivity index (χ4n) is 3.07. The van der Waals surface area contributed by atoms with Gasteiger partial charge in [0.25, 0.3) is 0 Å². The van der Waals surface area contributed by atoms with Gasteiger partial charge in [-0.25, -0.2) is 9.78 Å². The van der Waals surface area contributed by atoms with Crippen molar-refractivity contribution in [3.05, 3.63) is 77.3 Å². The summed E-state index contributed by atoms with van der Waals surface area (Å²) >= 11 is 6.24. The standard InChI is InChI=1S/C22H22ClN3O3/c1-14(15-7-9-16(10-8-15)17-5-3-4-6-18(17)23)21(27)25-19(22(28)29)13-20-24-11-12-26(20)2/h3-12,14,19H,13H2,1-2H3,(H,25,27)(H,28,29). The Labute approximate surface area is 174 Å². The van der Waals surface area contributed by atoms with Crippen molar-refractivity contribution in [3.8, 4) is 11.1 Å². The first-order chi connectivity index (χ1) is 13.9. The predicted octanol–water partition coefficient (Wildman–Crippen LogP) is 3.66. The number of carboxylic acids is 1. The van der Waals surface area contributed by atoms with Crippen LogP contribution >= 0.6 is 11.6 Å². The minimum atomic E-state index is -1.09. The van der Waals surface area contributed by atoms with Crippen LogP contribution in [0.3, 0.4) is 0 Å². The molecule has 0 aliphatic heterocycles. The number of aromatic nitrogens is 2. The molecule has 0 aliphatic rings. The van der Waals surface area contributed by atoms with E-state index in [1.54, 1.807) is 30.9 Å². The molecule has 0 aliphatic carbocycles. The van der Waals surface area contributed by atoms with E-state index >= 15 is 0 Å². The lowest BCUT2D eigenvalue weighted by atomic mass is 9.96. The monoisotopic (exact) mass is 411 g/mol. The molecule has 1 heterocycles. The molecule has 0 saturated carbocycles. The Hall–Kier alpha value is -3.12. The molecule has 6 nitrogen and oxygen atoms in total. The fraction of sp³-hybridized carbons (Fsp3) is 0.227. The van der Waals surface area contributed by atoms with E-state index in [1.807, 2.05) is 48.5 Å². The van der Waals surface area contributed by atoms with Crippen molar-refractivity contribution in [1.82, 2.24) is 14.9 Å². The lowest BCUT2D eigenvalue weighted by Gasteiger charge is -2.18. The van der Waals surface area contributed by atoms with E-state index < -0.39 is 17.9 Å².